The summed E-state index contributed by atoms with van der Waals surface area (Å²) in [5.41, 5.74) is 2.95. The molecule has 0 unspecified atom stereocenters. The van der Waals surface area contributed by atoms with Gasteiger partial charge in [-0.05, 0) is 69.2 Å². The molecule has 7 nitrogen and oxygen atoms in total. The first kappa shape index (κ1) is 23.8. The van der Waals surface area contributed by atoms with Crippen molar-refractivity contribution in [3.05, 3.63) is 35.4 Å². The number of hydrogen-bond donors (Lipinski definition) is 2. The van der Waals surface area contributed by atoms with Crippen molar-refractivity contribution in [2.24, 2.45) is 0 Å². The Kier molecular flexibility index (Phi) is 6.96. The summed E-state index contributed by atoms with van der Waals surface area (Å²) in [5, 5.41) is 12.7. The van der Waals surface area contributed by atoms with Gasteiger partial charge in [0.2, 0.25) is 11.8 Å². The lowest BCUT2D eigenvalue weighted by Gasteiger charge is -2.45. The van der Waals surface area contributed by atoms with E-state index in [1.54, 1.807) is 6.92 Å². The van der Waals surface area contributed by atoms with Crippen LogP contribution in [0, 0.1) is 0 Å². The number of amides is 2. The number of piperidine rings is 2. The van der Waals surface area contributed by atoms with Crippen LogP contribution in [-0.4, -0.2) is 89.6 Å². The molecule has 2 atom stereocenters. The number of fused-ring (bicyclic) bond motifs is 2. The normalized spacial score (nSPS) is 27.8. The van der Waals surface area contributed by atoms with Crippen LogP contribution in [-0.2, 0) is 15.0 Å². The van der Waals surface area contributed by atoms with Crippen LogP contribution in [0.1, 0.15) is 69.0 Å². The Morgan fingerprint density at radius 2 is 1.79 bits per heavy atom. The van der Waals surface area contributed by atoms with Crippen LogP contribution in [0.25, 0.3) is 0 Å². The highest BCUT2D eigenvalue weighted by Gasteiger charge is 2.46. The van der Waals surface area contributed by atoms with Crippen LogP contribution in [0.5, 0.6) is 0 Å². The van der Waals surface area contributed by atoms with Crippen molar-refractivity contribution in [3.63, 3.8) is 0 Å². The SMILES string of the molecule is CC(=O)N[C@H]1CC2(CCN(C3CCN(CC(=O)N4CCC[C@H]4CO)CC3)CC2)c2ccccc21. The second-order valence-corrected chi connectivity index (χ2v) is 10.9. The van der Waals surface area contributed by atoms with E-state index in [0.29, 0.717) is 12.6 Å². The van der Waals surface area contributed by atoms with Gasteiger partial charge >= 0.3 is 0 Å². The fourth-order valence-electron chi connectivity index (χ4n) is 7.14. The Morgan fingerprint density at radius 3 is 2.50 bits per heavy atom. The van der Waals surface area contributed by atoms with E-state index in [0.717, 1.165) is 77.7 Å². The van der Waals surface area contributed by atoms with Crippen molar-refractivity contribution >= 4 is 11.8 Å². The summed E-state index contributed by atoms with van der Waals surface area (Å²) < 4.78 is 0. The molecule has 0 radical (unpaired) electrons. The predicted molar refractivity (Wildman–Crippen MR) is 131 cm³/mol. The van der Waals surface area contributed by atoms with Crippen LogP contribution in [0.2, 0.25) is 0 Å². The number of benzene rings is 1. The van der Waals surface area contributed by atoms with E-state index >= 15 is 0 Å². The largest absolute Gasteiger partial charge is 0.394 e. The molecule has 3 heterocycles. The standard InChI is InChI=1S/C27H40N4O3/c1-20(33)28-25-17-27(24-7-3-2-6-23(24)25)10-15-30(16-11-27)21-8-13-29(14-9-21)18-26(34)31-12-4-5-22(31)19-32/h2-3,6-7,21-22,25,32H,4-5,8-19H2,1H3,(H,28,33)/t22-,25-/m0/s1. The zero-order valence-electron chi connectivity index (χ0n) is 20.5. The van der Waals surface area contributed by atoms with Crippen molar-refractivity contribution < 1.29 is 14.7 Å². The van der Waals surface area contributed by atoms with Crippen LogP contribution < -0.4 is 5.32 Å². The first-order chi connectivity index (χ1) is 16.5. The number of nitrogens with zero attached hydrogens (tertiary/aromatic N) is 3. The number of hydrogen-bond acceptors (Lipinski definition) is 5. The van der Waals surface area contributed by atoms with Gasteiger partial charge in [-0.3, -0.25) is 14.5 Å². The smallest absolute Gasteiger partial charge is 0.237 e. The Hall–Kier alpha value is -1.96. The molecule has 1 aliphatic carbocycles. The quantitative estimate of drug-likeness (QED) is 0.692. The molecule has 1 aromatic carbocycles. The van der Waals surface area contributed by atoms with Gasteiger partial charge in [-0.25, -0.2) is 0 Å². The number of aliphatic hydroxyl groups excluding tert-OH is 1. The van der Waals surface area contributed by atoms with E-state index < -0.39 is 0 Å². The molecule has 3 fully saturated rings. The maximum atomic E-state index is 12.7. The molecule has 186 valence electrons. The van der Waals surface area contributed by atoms with Crippen molar-refractivity contribution in [1.82, 2.24) is 20.0 Å². The molecule has 4 aliphatic rings. The topological polar surface area (TPSA) is 76.1 Å². The van der Waals surface area contributed by atoms with Crippen LogP contribution in [0.3, 0.4) is 0 Å². The molecular weight excluding hydrogens is 428 g/mol. The summed E-state index contributed by atoms with van der Waals surface area (Å²) in [6, 6.07) is 9.48. The summed E-state index contributed by atoms with van der Waals surface area (Å²) in [5.74, 6) is 0.236. The minimum atomic E-state index is 0.0247. The van der Waals surface area contributed by atoms with Gasteiger partial charge < -0.3 is 20.2 Å². The molecule has 1 spiro atoms. The average molecular weight is 469 g/mol. The van der Waals surface area contributed by atoms with Crippen LogP contribution >= 0.6 is 0 Å². The first-order valence-electron chi connectivity index (χ1n) is 13.2. The van der Waals surface area contributed by atoms with E-state index in [2.05, 4.69) is 39.4 Å². The lowest BCUT2D eigenvalue weighted by molar-refractivity contribution is -0.134. The van der Waals surface area contributed by atoms with Crippen molar-refractivity contribution in [1.29, 1.82) is 0 Å². The van der Waals surface area contributed by atoms with Crippen LogP contribution in [0.15, 0.2) is 24.3 Å². The summed E-state index contributed by atoms with van der Waals surface area (Å²) in [6.45, 7) is 7.15. The van der Waals surface area contributed by atoms with E-state index in [1.807, 2.05) is 4.90 Å². The molecule has 0 aromatic heterocycles. The molecule has 0 bridgehead atoms. The number of carbonyl (C=O) groups excluding carboxylic acids is 2. The Labute approximate surface area is 203 Å². The lowest BCUT2D eigenvalue weighted by atomic mass is 9.73. The second kappa shape index (κ2) is 9.96. The van der Waals surface area contributed by atoms with Gasteiger partial charge in [-0.15, -0.1) is 0 Å². The summed E-state index contributed by atoms with van der Waals surface area (Å²) in [7, 11) is 0. The number of aliphatic hydroxyl groups is 1. The third kappa shape index (κ3) is 4.62. The summed E-state index contributed by atoms with van der Waals surface area (Å²) in [6.07, 6.45) is 7.49. The second-order valence-electron chi connectivity index (χ2n) is 10.9. The minimum absolute atomic E-state index is 0.0247. The Balaban J connectivity index is 1.13. The maximum absolute atomic E-state index is 12.7. The van der Waals surface area contributed by atoms with E-state index in [1.165, 1.54) is 11.1 Å². The zero-order valence-corrected chi connectivity index (χ0v) is 20.5. The highest BCUT2D eigenvalue weighted by Crippen LogP contribution is 2.51. The molecule has 5 rings (SSSR count). The maximum Gasteiger partial charge on any atom is 0.237 e. The third-order valence-electron chi connectivity index (χ3n) is 8.98. The van der Waals surface area contributed by atoms with Crippen molar-refractivity contribution in [2.75, 3.05) is 45.9 Å². The highest BCUT2D eigenvalue weighted by molar-refractivity contribution is 5.79. The summed E-state index contributed by atoms with van der Waals surface area (Å²) >= 11 is 0. The Bertz CT molecular complexity index is 890. The molecule has 34 heavy (non-hydrogen) atoms. The van der Waals surface area contributed by atoms with Crippen molar-refractivity contribution in [2.45, 2.75) is 75.4 Å². The lowest BCUT2D eigenvalue weighted by Crippen LogP contribution is -2.52. The molecule has 2 N–H and O–H groups in total. The Morgan fingerprint density at radius 1 is 1.06 bits per heavy atom. The first-order valence-corrected chi connectivity index (χ1v) is 13.2. The highest BCUT2D eigenvalue weighted by atomic mass is 16.3. The monoisotopic (exact) mass is 468 g/mol. The van der Waals surface area contributed by atoms with E-state index in [4.69, 9.17) is 0 Å². The predicted octanol–water partition coefficient (Wildman–Crippen LogP) is 2.05. The van der Waals surface area contributed by atoms with Crippen LogP contribution in [0.4, 0.5) is 0 Å². The number of nitrogens with one attached hydrogen (secondary N) is 1. The van der Waals surface area contributed by atoms with E-state index in [9.17, 15) is 14.7 Å². The fraction of sp³-hybridized carbons (Fsp3) is 0.704. The fourth-order valence-corrected chi connectivity index (χ4v) is 7.14. The van der Waals surface area contributed by atoms with Gasteiger partial charge in [0.1, 0.15) is 0 Å². The molecule has 2 amide bonds. The molecule has 7 heteroatoms. The van der Waals surface area contributed by atoms with E-state index in [-0.39, 0.29) is 35.9 Å². The molecular formula is C27H40N4O3. The number of carbonyl (C=O) groups is 2. The molecule has 1 aromatic rings. The number of rotatable bonds is 5. The van der Waals surface area contributed by atoms with Gasteiger partial charge in [-0.2, -0.15) is 0 Å². The molecule has 3 aliphatic heterocycles. The minimum Gasteiger partial charge on any atom is -0.394 e. The van der Waals surface area contributed by atoms with Gasteiger partial charge in [0.05, 0.1) is 25.2 Å². The zero-order chi connectivity index (χ0) is 23.7. The molecule has 0 saturated carbocycles. The molecule has 3 saturated heterocycles. The van der Waals surface area contributed by atoms with Gasteiger partial charge in [0, 0.05) is 38.0 Å². The number of likely N-dealkylation sites (tertiary alicyclic amines) is 3. The average Bonchev–Trinajstić information content (AvgIpc) is 3.44. The third-order valence-corrected chi connectivity index (χ3v) is 8.98. The van der Waals surface area contributed by atoms with Gasteiger partial charge in [0.15, 0.2) is 0 Å². The van der Waals surface area contributed by atoms with Crippen molar-refractivity contribution in [3.8, 4) is 0 Å². The van der Waals surface area contributed by atoms with Gasteiger partial charge in [-0.1, -0.05) is 24.3 Å². The summed E-state index contributed by atoms with van der Waals surface area (Å²) in [4.78, 5) is 31.4. The van der Waals surface area contributed by atoms with Gasteiger partial charge in [0.25, 0.3) is 0 Å².